The van der Waals surface area contributed by atoms with Gasteiger partial charge in [0.05, 0.1) is 0 Å². The smallest absolute Gasteiger partial charge is 0.128 e. The molecule has 1 fully saturated rings. The van der Waals surface area contributed by atoms with E-state index in [2.05, 4.69) is 28.4 Å². The number of nitrogens with zero attached hydrogens (tertiary/aromatic N) is 3. The molecule has 0 atom stereocenters. The van der Waals surface area contributed by atoms with Gasteiger partial charge in [-0.3, -0.25) is 0 Å². The molecule has 3 heteroatoms. The number of aliphatic imine (C=N–C) groups is 1. The molecule has 0 bridgehead atoms. The molecule has 0 N–H and O–H groups in total. The largest absolute Gasteiger partial charge is 0.355 e. The zero-order chi connectivity index (χ0) is 11.1. The van der Waals surface area contributed by atoms with Crippen LogP contribution in [0.25, 0.3) is 0 Å². The van der Waals surface area contributed by atoms with Gasteiger partial charge in [-0.1, -0.05) is 12.7 Å². The lowest BCUT2D eigenvalue weighted by atomic mass is 10.3. The maximum absolute atomic E-state index is 4.31. The lowest BCUT2D eigenvalue weighted by Gasteiger charge is -2.22. The van der Waals surface area contributed by atoms with Gasteiger partial charge in [0.2, 0.25) is 0 Å². The van der Waals surface area contributed by atoms with Crippen LogP contribution in [0.2, 0.25) is 0 Å². The van der Waals surface area contributed by atoms with E-state index < -0.39 is 0 Å². The molecule has 0 saturated carbocycles. The van der Waals surface area contributed by atoms with Crippen LogP contribution in [0.3, 0.4) is 0 Å². The van der Waals surface area contributed by atoms with Gasteiger partial charge in [0.25, 0.3) is 0 Å². The summed E-state index contributed by atoms with van der Waals surface area (Å²) in [4.78, 5) is 8.99. The van der Waals surface area contributed by atoms with E-state index in [1.54, 1.807) is 6.20 Å². The average molecular weight is 207 g/mol. The van der Waals surface area contributed by atoms with Crippen molar-refractivity contribution in [1.29, 1.82) is 0 Å². The predicted molar refractivity (Wildman–Crippen MR) is 66.1 cm³/mol. The highest BCUT2D eigenvalue weighted by Crippen LogP contribution is 2.03. The van der Waals surface area contributed by atoms with Crippen LogP contribution >= 0.6 is 0 Å². The zero-order valence-electron chi connectivity index (χ0n) is 9.82. The minimum atomic E-state index is 1.03. The van der Waals surface area contributed by atoms with E-state index in [4.69, 9.17) is 0 Å². The monoisotopic (exact) mass is 207 g/mol. The fraction of sp³-hybridized carbons (Fsp3) is 0.583. The lowest BCUT2D eigenvalue weighted by Crippen LogP contribution is -2.33. The van der Waals surface area contributed by atoms with Gasteiger partial charge in [-0.2, -0.15) is 0 Å². The topological polar surface area (TPSA) is 18.8 Å². The molecule has 0 aromatic carbocycles. The van der Waals surface area contributed by atoms with Crippen molar-refractivity contribution in [3.05, 3.63) is 24.9 Å². The van der Waals surface area contributed by atoms with Crippen LogP contribution < -0.4 is 0 Å². The summed E-state index contributed by atoms with van der Waals surface area (Å²) < 4.78 is 0. The summed E-state index contributed by atoms with van der Waals surface area (Å²) in [7, 11) is 2.17. The molecule has 0 radical (unpaired) electrons. The van der Waals surface area contributed by atoms with E-state index in [9.17, 15) is 0 Å². The Morgan fingerprint density at radius 1 is 1.27 bits per heavy atom. The SMILES string of the molecule is C=CN=C(C=CC)N1CCCN(C)CC1. The van der Waals surface area contributed by atoms with Gasteiger partial charge in [-0.15, -0.1) is 0 Å². The molecule has 0 amide bonds. The Bertz CT molecular complexity index is 256. The molecule has 1 heterocycles. The standard InChI is InChI=1S/C12H21N3/c1-4-7-12(13-5-2)15-9-6-8-14(3)10-11-15/h4-5,7H,2,6,8-11H2,1,3H3. The van der Waals surface area contributed by atoms with Crippen molar-refractivity contribution in [3.63, 3.8) is 0 Å². The summed E-state index contributed by atoms with van der Waals surface area (Å²) in [5.41, 5.74) is 0. The molecular formula is C12H21N3. The lowest BCUT2D eigenvalue weighted by molar-refractivity contribution is 0.346. The quantitative estimate of drug-likeness (QED) is 0.507. The van der Waals surface area contributed by atoms with Gasteiger partial charge < -0.3 is 9.80 Å². The van der Waals surface area contributed by atoms with Crippen LogP contribution in [0, 0.1) is 0 Å². The minimum absolute atomic E-state index is 1.03. The van der Waals surface area contributed by atoms with Crippen molar-refractivity contribution < 1.29 is 0 Å². The van der Waals surface area contributed by atoms with E-state index >= 15 is 0 Å². The molecule has 0 aliphatic carbocycles. The molecule has 1 rings (SSSR count). The second-order valence-corrected chi connectivity index (χ2v) is 3.81. The minimum Gasteiger partial charge on any atom is -0.355 e. The first-order chi connectivity index (χ1) is 7.27. The third kappa shape index (κ3) is 3.88. The summed E-state index contributed by atoms with van der Waals surface area (Å²) in [6.07, 6.45) is 6.89. The number of rotatable bonds is 2. The maximum atomic E-state index is 4.31. The van der Waals surface area contributed by atoms with Crippen LogP contribution in [0.5, 0.6) is 0 Å². The Kier molecular flexibility index (Phi) is 5.12. The Balaban J connectivity index is 2.66. The molecule has 0 aromatic heterocycles. The molecule has 1 aliphatic heterocycles. The fourth-order valence-corrected chi connectivity index (χ4v) is 1.75. The van der Waals surface area contributed by atoms with Crippen LogP contribution in [0.4, 0.5) is 0 Å². The summed E-state index contributed by atoms with van der Waals surface area (Å²) in [5.74, 6) is 1.03. The third-order valence-electron chi connectivity index (χ3n) is 2.58. The summed E-state index contributed by atoms with van der Waals surface area (Å²) in [6.45, 7) is 10.1. The zero-order valence-corrected chi connectivity index (χ0v) is 9.82. The van der Waals surface area contributed by atoms with E-state index in [-0.39, 0.29) is 0 Å². The van der Waals surface area contributed by atoms with E-state index in [0.29, 0.717) is 0 Å². The molecule has 0 unspecified atom stereocenters. The molecule has 15 heavy (non-hydrogen) atoms. The van der Waals surface area contributed by atoms with Gasteiger partial charge in [0.1, 0.15) is 5.84 Å². The highest BCUT2D eigenvalue weighted by Gasteiger charge is 2.13. The summed E-state index contributed by atoms with van der Waals surface area (Å²) in [5, 5.41) is 0. The van der Waals surface area contributed by atoms with Crippen molar-refractivity contribution >= 4 is 5.84 Å². The number of likely N-dealkylation sites (N-methyl/N-ethyl adjacent to an activating group) is 1. The molecule has 0 spiro atoms. The van der Waals surface area contributed by atoms with Crippen molar-refractivity contribution in [3.8, 4) is 0 Å². The number of hydrogen-bond donors (Lipinski definition) is 0. The van der Waals surface area contributed by atoms with Crippen LogP contribution in [-0.4, -0.2) is 48.9 Å². The first kappa shape index (κ1) is 12.0. The van der Waals surface area contributed by atoms with Crippen LogP contribution in [-0.2, 0) is 0 Å². The van der Waals surface area contributed by atoms with E-state index in [0.717, 1.165) is 25.5 Å². The molecule has 1 aliphatic rings. The van der Waals surface area contributed by atoms with Crippen LogP contribution in [0.1, 0.15) is 13.3 Å². The summed E-state index contributed by atoms with van der Waals surface area (Å²) in [6, 6.07) is 0. The first-order valence-corrected chi connectivity index (χ1v) is 5.53. The van der Waals surface area contributed by atoms with Gasteiger partial charge in [-0.25, -0.2) is 4.99 Å². The number of hydrogen-bond acceptors (Lipinski definition) is 2. The normalized spacial score (nSPS) is 20.7. The van der Waals surface area contributed by atoms with Gasteiger partial charge in [0.15, 0.2) is 0 Å². The second kappa shape index (κ2) is 6.40. The third-order valence-corrected chi connectivity index (χ3v) is 2.58. The van der Waals surface area contributed by atoms with E-state index in [1.165, 1.54) is 13.0 Å². The Morgan fingerprint density at radius 3 is 2.73 bits per heavy atom. The Hall–Kier alpha value is -1.09. The highest BCUT2D eigenvalue weighted by atomic mass is 15.2. The Labute approximate surface area is 92.8 Å². The average Bonchev–Trinajstić information content (AvgIpc) is 2.43. The maximum Gasteiger partial charge on any atom is 0.128 e. The van der Waals surface area contributed by atoms with Gasteiger partial charge in [-0.05, 0) is 33.0 Å². The number of allylic oxidation sites excluding steroid dienone is 1. The molecule has 1 saturated heterocycles. The second-order valence-electron chi connectivity index (χ2n) is 3.81. The predicted octanol–water partition coefficient (Wildman–Crippen LogP) is 1.74. The Morgan fingerprint density at radius 2 is 2.07 bits per heavy atom. The van der Waals surface area contributed by atoms with Gasteiger partial charge in [0, 0.05) is 25.8 Å². The van der Waals surface area contributed by atoms with Gasteiger partial charge >= 0.3 is 0 Å². The molecule has 84 valence electrons. The summed E-state index contributed by atoms with van der Waals surface area (Å²) >= 11 is 0. The highest BCUT2D eigenvalue weighted by molar-refractivity contribution is 5.93. The van der Waals surface area contributed by atoms with Crippen molar-refractivity contribution in [2.45, 2.75) is 13.3 Å². The van der Waals surface area contributed by atoms with Crippen molar-refractivity contribution in [2.75, 3.05) is 33.2 Å². The molecule has 0 aromatic rings. The van der Waals surface area contributed by atoms with Crippen molar-refractivity contribution in [2.24, 2.45) is 4.99 Å². The fourth-order valence-electron chi connectivity index (χ4n) is 1.75. The van der Waals surface area contributed by atoms with Crippen LogP contribution in [0.15, 0.2) is 29.9 Å². The number of amidine groups is 1. The first-order valence-electron chi connectivity index (χ1n) is 5.53. The molecular weight excluding hydrogens is 186 g/mol. The van der Waals surface area contributed by atoms with E-state index in [1.807, 2.05) is 19.1 Å². The van der Waals surface area contributed by atoms with Crippen molar-refractivity contribution in [1.82, 2.24) is 9.80 Å². The molecule has 3 nitrogen and oxygen atoms in total.